The highest BCUT2D eigenvalue weighted by Crippen LogP contribution is 2.50. The van der Waals surface area contributed by atoms with Gasteiger partial charge in [-0.3, -0.25) is 14.5 Å². The van der Waals surface area contributed by atoms with Gasteiger partial charge in [0.2, 0.25) is 11.8 Å². The standard InChI is InChI=1S/C35H36BNO7/c1-20-13-22(14-21(2)33(20)39)15-24(23-7-4-3-5-8-23)11-12-30-31-25(18-38)16-28-32(29(31)19-44-30)35(41)37(34(28)40)27-10-6-9-26(17-27)36(42)43/h3-10,13-15,17,28-30,32,38-39,42-43H,11-12,16,18-19H2,1-2H3/b24-15-/t28-,29+,30-,32-/m1/s1. The molecule has 0 radical (unpaired) electrons. The smallest absolute Gasteiger partial charge is 0.488 e. The van der Waals surface area contributed by atoms with Crippen LogP contribution in [0.2, 0.25) is 0 Å². The lowest BCUT2D eigenvalue weighted by atomic mass is 9.69. The topological polar surface area (TPSA) is 128 Å². The first kappa shape index (κ1) is 30.0. The fourth-order valence-electron chi connectivity index (χ4n) is 7.21. The van der Waals surface area contributed by atoms with Crippen LogP contribution in [0.5, 0.6) is 5.75 Å². The Labute approximate surface area is 257 Å². The van der Waals surface area contributed by atoms with Gasteiger partial charge in [-0.1, -0.05) is 48.5 Å². The minimum Gasteiger partial charge on any atom is -0.507 e. The van der Waals surface area contributed by atoms with Gasteiger partial charge in [-0.05, 0) is 102 Å². The van der Waals surface area contributed by atoms with E-state index in [9.17, 15) is 29.9 Å². The average Bonchev–Trinajstić information content (AvgIpc) is 3.55. The van der Waals surface area contributed by atoms with E-state index in [0.717, 1.165) is 43.9 Å². The maximum atomic E-state index is 13.8. The number of aryl methyl sites for hydroxylation is 2. The van der Waals surface area contributed by atoms with E-state index in [2.05, 4.69) is 18.2 Å². The summed E-state index contributed by atoms with van der Waals surface area (Å²) < 4.78 is 6.33. The number of phenols is 1. The van der Waals surface area contributed by atoms with Gasteiger partial charge < -0.3 is 25.0 Å². The monoisotopic (exact) mass is 593 g/mol. The molecule has 2 saturated heterocycles. The summed E-state index contributed by atoms with van der Waals surface area (Å²) in [4.78, 5) is 28.6. The van der Waals surface area contributed by atoms with E-state index in [1.54, 1.807) is 12.1 Å². The molecule has 4 N–H and O–H groups in total. The number of aromatic hydroxyl groups is 1. The third kappa shape index (κ3) is 5.41. The highest BCUT2D eigenvalue weighted by atomic mass is 16.5. The van der Waals surface area contributed by atoms with E-state index in [-0.39, 0.29) is 48.9 Å². The highest BCUT2D eigenvalue weighted by Gasteiger charge is 2.57. The van der Waals surface area contributed by atoms with Crippen molar-refractivity contribution in [1.29, 1.82) is 0 Å². The third-order valence-corrected chi connectivity index (χ3v) is 9.30. The number of aliphatic hydroxyl groups is 1. The van der Waals surface area contributed by atoms with Gasteiger partial charge in [0.05, 0.1) is 36.8 Å². The minimum atomic E-state index is -1.72. The van der Waals surface area contributed by atoms with Gasteiger partial charge in [-0.25, -0.2) is 0 Å². The second kappa shape index (κ2) is 12.2. The lowest BCUT2D eigenvalue weighted by Crippen LogP contribution is -2.35. The molecular formula is C35H36BNO7. The molecule has 9 heteroatoms. The Morgan fingerprint density at radius 1 is 0.977 bits per heavy atom. The molecule has 226 valence electrons. The molecule has 2 heterocycles. The molecule has 2 amide bonds. The number of nitrogens with zero attached hydrogens (tertiary/aromatic N) is 1. The summed E-state index contributed by atoms with van der Waals surface area (Å²) in [5, 5.41) is 40.0. The van der Waals surface area contributed by atoms with Gasteiger partial charge in [0, 0.05) is 5.92 Å². The van der Waals surface area contributed by atoms with Crippen molar-refractivity contribution in [3.8, 4) is 5.75 Å². The number of hydrogen-bond acceptors (Lipinski definition) is 7. The van der Waals surface area contributed by atoms with Crippen LogP contribution in [0.4, 0.5) is 5.69 Å². The van der Waals surface area contributed by atoms with Crippen molar-refractivity contribution in [3.05, 3.63) is 100 Å². The number of carbonyl (C=O) groups is 2. The summed E-state index contributed by atoms with van der Waals surface area (Å²) in [5.41, 5.74) is 6.98. The predicted octanol–water partition coefficient (Wildman–Crippen LogP) is 3.52. The van der Waals surface area contributed by atoms with Crippen LogP contribution in [-0.4, -0.2) is 58.5 Å². The van der Waals surface area contributed by atoms with Crippen molar-refractivity contribution in [2.24, 2.45) is 17.8 Å². The van der Waals surface area contributed by atoms with Crippen molar-refractivity contribution in [3.63, 3.8) is 0 Å². The minimum absolute atomic E-state index is 0.192. The Kier molecular flexibility index (Phi) is 8.31. The molecule has 3 aliphatic rings. The molecule has 6 rings (SSSR count). The van der Waals surface area contributed by atoms with Crippen LogP contribution in [-0.2, 0) is 14.3 Å². The number of carbonyl (C=O) groups excluding carboxylic acids is 2. The van der Waals surface area contributed by atoms with Crippen molar-refractivity contribution in [2.75, 3.05) is 18.1 Å². The Bertz CT molecular complexity index is 1640. The van der Waals surface area contributed by atoms with Gasteiger partial charge in [0.25, 0.3) is 0 Å². The fourth-order valence-corrected chi connectivity index (χ4v) is 7.21. The summed E-state index contributed by atoms with van der Waals surface area (Å²) in [6.07, 6.45) is 3.42. The maximum absolute atomic E-state index is 13.8. The first-order valence-corrected chi connectivity index (χ1v) is 15.0. The molecule has 4 atom stereocenters. The van der Waals surface area contributed by atoms with Crippen molar-refractivity contribution in [2.45, 2.75) is 39.2 Å². The summed E-state index contributed by atoms with van der Waals surface area (Å²) in [7, 11) is -1.72. The van der Waals surface area contributed by atoms with E-state index in [0.29, 0.717) is 24.3 Å². The number of anilines is 1. The Morgan fingerprint density at radius 3 is 2.39 bits per heavy atom. The number of phenolic OH excluding ortho intramolecular Hbond substituents is 1. The Hall–Kier alpha value is -4.02. The third-order valence-electron chi connectivity index (χ3n) is 9.30. The number of ether oxygens (including phenoxy) is 1. The molecule has 3 aromatic rings. The lowest BCUT2D eigenvalue weighted by molar-refractivity contribution is -0.122. The second-order valence-electron chi connectivity index (χ2n) is 12.0. The van der Waals surface area contributed by atoms with Crippen LogP contribution in [0, 0.1) is 31.6 Å². The van der Waals surface area contributed by atoms with Crippen LogP contribution in [0.1, 0.15) is 41.5 Å². The number of aliphatic hydroxyl groups excluding tert-OH is 1. The molecule has 2 fully saturated rings. The maximum Gasteiger partial charge on any atom is 0.488 e. The number of fused-ring (bicyclic) bond motifs is 3. The van der Waals surface area contributed by atoms with Crippen molar-refractivity contribution in [1.82, 2.24) is 0 Å². The van der Waals surface area contributed by atoms with E-state index in [4.69, 9.17) is 4.74 Å². The van der Waals surface area contributed by atoms with E-state index < -0.39 is 19.0 Å². The summed E-state index contributed by atoms with van der Waals surface area (Å²) in [6.45, 7) is 3.84. The molecule has 1 aliphatic carbocycles. The van der Waals surface area contributed by atoms with E-state index >= 15 is 0 Å². The van der Waals surface area contributed by atoms with Crippen LogP contribution in [0.25, 0.3) is 11.6 Å². The van der Waals surface area contributed by atoms with Crippen molar-refractivity contribution >= 4 is 41.7 Å². The number of imide groups is 1. The average molecular weight is 593 g/mol. The quantitative estimate of drug-likeness (QED) is 0.136. The zero-order valence-electron chi connectivity index (χ0n) is 24.8. The fraction of sp³-hybridized carbons (Fsp3) is 0.314. The number of hydrogen-bond donors (Lipinski definition) is 4. The van der Waals surface area contributed by atoms with Crippen LogP contribution >= 0.6 is 0 Å². The molecule has 3 aromatic carbocycles. The van der Waals surface area contributed by atoms with Crippen LogP contribution in [0.15, 0.2) is 77.9 Å². The molecule has 44 heavy (non-hydrogen) atoms. The van der Waals surface area contributed by atoms with Crippen LogP contribution in [0.3, 0.4) is 0 Å². The molecular weight excluding hydrogens is 557 g/mol. The molecule has 2 aliphatic heterocycles. The first-order valence-electron chi connectivity index (χ1n) is 15.0. The van der Waals surface area contributed by atoms with Gasteiger partial charge >= 0.3 is 7.12 Å². The molecule has 0 unspecified atom stereocenters. The van der Waals surface area contributed by atoms with Gasteiger partial charge in [-0.15, -0.1) is 0 Å². The summed E-state index contributed by atoms with van der Waals surface area (Å²) >= 11 is 0. The predicted molar refractivity (Wildman–Crippen MR) is 169 cm³/mol. The normalized spacial score (nSPS) is 23.3. The molecule has 0 aromatic heterocycles. The molecule has 8 nitrogen and oxygen atoms in total. The molecule has 0 saturated carbocycles. The Morgan fingerprint density at radius 2 is 1.70 bits per heavy atom. The summed E-state index contributed by atoms with van der Waals surface area (Å²) in [6, 6.07) is 20.2. The van der Waals surface area contributed by atoms with Gasteiger partial charge in [-0.2, -0.15) is 0 Å². The molecule has 0 spiro atoms. The van der Waals surface area contributed by atoms with E-state index in [1.165, 1.54) is 12.1 Å². The SMILES string of the molecule is Cc1cc(/C=C(/CC[C@H]2OC[C@H]3C2=C(CO)C[C@H]2C(=O)N(c4cccc(B(O)O)c4)C(=O)[C@H]23)c2ccccc2)cc(C)c1O. The van der Waals surface area contributed by atoms with E-state index in [1.807, 2.05) is 44.2 Å². The van der Waals surface area contributed by atoms with Crippen LogP contribution < -0.4 is 10.4 Å². The van der Waals surface area contributed by atoms with Gasteiger partial charge in [0.15, 0.2) is 0 Å². The van der Waals surface area contributed by atoms with Crippen molar-refractivity contribution < 1.29 is 34.6 Å². The Balaban J connectivity index is 1.27. The zero-order chi connectivity index (χ0) is 31.1. The number of amides is 2. The molecule has 0 bridgehead atoms. The number of allylic oxidation sites excluding steroid dienone is 1. The summed E-state index contributed by atoms with van der Waals surface area (Å²) in [5.74, 6) is -1.90. The lowest BCUT2D eigenvalue weighted by Gasteiger charge is -2.31. The first-order chi connectivity index (χ1) is 21.2. The van der Waals surface area contributed by atoms with Gasteiger partial charge in [0.1, 0.15) is 5.75 Å². The second-order valence-corrected chi connectivity index (χ2v) is 12.0. The number of rotatable bonds is 8. The largest absolute Gasteiger partial charge is 0.507 e. The number of benzene rings is 3. The highest BCUT2D eigenvalue weighted by molar-refractivity contribution is 6.58. The zero-order valence-corrected chi connectivity index (χ0v) is 24.8.